The maximum atomic E-state index is 12.9. The summed E-state index contributed by atoms with van der Waals surface area (Å²) in [5, 5.41) is 3.01. The summed E-state index contributed by atoms with van der Waals surface area (Å²) in [6.07, 6.45) is 0.667. The normalized spacial score (nSPS) is 17.9. The minimum absolute atomic E-state index is 0.180. The molecular formula is C21H26N2O4S. The number of hydrogen-bond donors (Lipinski definition) is 1. The lowest BCUT2D eigenvalue weighted by atomic mass is 10.00. The lowest BCUT2D eigenvalue weighted by Crippen LogP contribution is -2.41. The van der Waals surface area contributed by atoms with E-state index in [1.807, 2.05) is 32.9 Å². The Kier molecular flexibility index (Phi) is 5.65. The standard InChI is InChI=1S/C21H26N2O4S/c1-14-9-10-15(2)17(13-14)16(3)22-21(24)20-11-12-23(28(4,25)26)18-7-5-6-8-19(18)27-20/h5-10,13,16,20H,11-12H2,1-4H3,(H,22,24). The van der Waals surface area contributed by atoms with Crippen LogP contribution < -0.4 is 14.4 Å². The molecule has 0 aromatic heterocycles. The number of benzene rings is 2. The maximum Gasteiger partial charge on any atom is 0.261 e. The van der Waals surface area contributed by atoms with Crippen molar-refractivity contribution in [2.45, 2.75) is 39.3 Å². The molecule has 1 aliphatic rings. The van der Waals surface area contributed by atoms with E-state index in [0.29, 0.717) is 11.4 Å². The van der Waals surface area contributed by atoms with E-state index in [2.05, 4.69) is 11.4 Å². The Morgan fingerprint density at radius 2 is 1.93 bits per heavy atom. The van der Waals surface area contributed by atoms with Gasteiger partial charge in [0.15, 0.2) is 6.10 Å². The smallest absolute Gasteiger partial charge is 0.261 e. The third-order valence-corrected chi connectivity index (χ3v) is 6.13. The first-order chi connectivity index (χ1) is 13.2. The number of fused-ring (bicyclic) bond motifs is 1. The van der Waals surface area contributed by atoms with Gasteiger partial charge in [0.1, 0.15) is 5.75 Å². The molecule has 2 atom stereocenters. The van der Waals surface area contributed by atoms with E-state index < -0.39 is 16.1 Å². The van der Waals surface area contributed by atoms with Gasteiger partial charge in [-0.2, -0.15) is 0 Å². The van der Waals surface area contributed by atoms with Crippen LogP contribution in [-0.2, 0) is 14.8 Å². The van der Waals surface area contributed by atoms with Gasteiger partial charge in [0.2, 0.25) is 10.0 Å². The Bertz CT molecular complexity index is 988. The highest BCUT2D eigenvalue weighted by Gasteiger charge is 2.31. The summed E-state index contributed by atoms with van der Waals surface area (Å²) in [4.78, 5) is 12.9. The highest BCUT2D eigenvalue weighted by molar-refractivity contribution is 7.92. The molecule has 0 spiro atoms. The van der Waals surface area contributed by atoms with Crippen molar-refractivity contribution >= 4 is 21.6 Å². The van der Waals surface area contributed by atoms with Crippen LogP contribution in [0.1, 0.15) is 36.1 Å². The van der Waals surface area contributed by atoms with Crippen molar-refractivity contribution in [3.05, 3.63) is 59.2 Å². The number of anilines is 1. The van der Waals surface area contributed by atoms with Crippen LogP contribution in [0, 0.1) is 13.8 Å². The molecule has 0 saturated heterocycles. The van der Waals surface area contributed by atoms with Crippen molar-refractivity contribution in [1.82, 2.24) is 5.32 Å². The van der Waals surface area contributed by atoms with E-state index in [1.54, 1.807) is 24.3 Å². The van der Waals surface area contributed by atoms with E-state index in [1.165, 1.54) is 4.31 Å². The SMILES string of the molecule is Cc1ccc(C)c(C(C)NC(=O)C2CCN(S(C)(=O)=O)c3ccccc3O2)c1. The van der Waals surface area contributed by atoms with Gasteiger partial charge in [-0.15, -0.1) is 0 Å². The average molecular weight is 403 g/mol. The molecule has 150 valence electrons. The van der Waals surface area contributed by atoms with Gasteiger partial charge in [0, 0.05) is 13.0 Å². The van der Waals surface area contributed by atoms with Crippen LogP contribution in [0.3, 0.4) is 0 Å². The Morgan fingerprint density at radius 1 is 1.21 bits per heavy atom. The Hall–Kier alpha value is -2.54. The number of carbonyl (C=O) groups is 1. The van der Waals surface area contributed by atoms with Crippen molar-refractivity contribution in [3.63, 3.8) is 0 Å². The number of hydrogen-bond acceptors (Lipinski definition) is 4. The average Bonchev–Trinajstić information content (AvgIpc) is 2.83. The molecule has 1 heterocycles. The molecule has 0 bridgehead atoms. The van der Waals surface area contributed by atoms with Gasteiger partial charge in [0.05, 0.1) is 18.0 Å². The van der Waals surface area contributed by atoms with E-state index >= 15 is 0 Å². The van der Waals surface area contributed by atoms with E-state index in [-0.39, 0.29) is 24.9 Å². The van der Waals surface area contributed by atoms with Crippen molar-refractivity contribution in [2.24, 2.45) is 0 Å². The molecule has 2 aromatic rings. The predicted molar refractivity (Wildman–Crippen MR) is 110 cm³/mol. The van der Waals surface area contributed by atoms with Gasteiger partial charge in [-0.05, 0) is 44.0 Å². The molecule has 0 aliphatic carbocycles. The summed E-state index contributed by atoms with van der Waals surface area (Å²) in [6, 6.07) is 12.9. The molecule has 1 N–H and O–H groups in total. The fraction of sp³-hybridized carbons (Fsp3) is 0.381. The number of para-hydroxylation sites is 2. The summed E-state index contributed by atoms with van der Waals surface area (Å²) >= 11 is 0. The lowest BCUT2D eigenvalue weighted by molar-refractivity contribution is -0.128. The van der Waals surface area contributed by atoms with Gasteiger partial charge in [0.25, 0.3) is 5.91 Å². The van der Waals surface area contributed by atoms with Crippen LogP contribution in [0.25, 0.3) is 0 Å². The highest BCUT2D eigenvalue weighted by atomic mass is 32.2. The molecular weight excluding hydrogens is 376 g/mol. The topological polar surface area (TPSA) is 75.7 Å². The zero-order valence-corrected chi connectivity index (χ0v) is 17.4. The van der Waals surface area contributed by atoms with Gasteiger partial charge < -0.3 is 10.1 Å². The minimum Gasteiger partial charge on any atom is -0.478 e. The van der Waals surface area contributed by atoms with Crippen LogP contribution in [0.15, 0.2) is 42.5 Å². The zero-order valence-electron chi connectivity index (χ0n) is 16.6. The molecule has 2 unspecified atom stereocenters. The molecule has 0 fully saturated rings. The molecule has 28 heavy (non-hydrogen) atoms. The summed E-state index contributed by atoms with van der Waals surface area (Å²) in [5.74, 6) is 0.142. The number of amides is 1. The zero-order chi connectivity index (χ0) is 20.5. The second kappa shape index (κ2) is 7.83. The van der Waals surface area contributed by atoms with E-state index in [0.717, 1.165) is 22.9 Å². The first kappa shape index (κ1) is 20.2. The van der Waals surface area contributed by atoms with Gasteiger partial charge in [-0.1, -0.05) is 35.9 Å². The number of rotatable bonds is 4. The molecule has 6 nitrogen and oxygen atoms in total. The Labute approximate surface area is 166 Å². The second-order valence-corrected chi connectivity index (χ2v) is 9.20. The summed E-state index contributed by atoms with van der Waals surface area (Å²) in [5.41, 5.74) is 3.75. The monoisotopic (exact) mass is 402 g/mol. The third kappa shape index (κ3) is 4.30. The first-order valence-electron chi connectivity index (χ1n) is 9.27. The Morgan fingerprint density at radius 3 is 2.64 bits per heavy atom. The fourth-order valence-electron chi connectivity index (χ4n) is 3.47. The van der Waals surface area contributed by atoms with Crippen LogP contribution in [0.5, 0.6) is 5.75 Å². The van der Waals surface area contributed by atoms with Crippen LogP contribution in [0.2, 0.25) is 0 Å². The number of ether oxygens (including phenoxy) is 1. The molecule has 7 heteroatoms. The number of carbonyl (C=O) groups excluding carboxylic acids is 1. The van der Waals surface area contributed by atoms with Gasteiger partial charge in [-0.25, -0.2) is 8.42 Å². The summed E-state index contributed by atoms with van der Waals surface area (Å²) in [6.45, 7) is 6.15. The third-order valence-electron chi connectivity index (χ3n) is 4.95. The molecule has 0 saturated carbocycles. The van der Waals surface area contributed by atoms with E-state index in [9.17, 15) is 13.2 Å². The molecule has 1 amide bonds. The number of nitrogens with one attached hydrogen (secondary N) is 1. The second-order valence-electron chi connectivity index (χ2n) is 7.29. The van der Waals surface area contributed by atoms with Crippen LogP contribution in [-0.4, -0.2) is 33.2 Å². The van der Waals surface area contributed by atoms with Crippen molar-refractivity contribution in [1.29, 1.82) is 0 Å². The van der Waals surface area contributed by atoms with Crippen molar-refractivity contribution in [2.75, 3.05) is 17.1 Å². The Balaban J connectivity index is 1.81. The molecule has 2 aromatic carbocycles. The fourth-order valence-corrected chi connectivity index (χ4v) is 4.41. The van der Waals surface area contributed by atoms with Crippen LogP contribution in [0.4, 0.5) is 5.69 Å². The van der Waals surface area contributed by atoms with Crippen LogP contribution >= 0.6 is 0 Å². The summed E-state index contributed by atoms with van der Waals surface area (Å²) in [7, 11) is -3.47. The quantitative estimate of drug-likeness (QED) is 0.853. The molecule has 1 aliphatic heterocycles. The van der Waals surface area contributed by atoms with Gasteiger partial charge in [-0.3, -0.25) is 9.10 Å². The number of aryl methyl sites for hydroxylation is 2. The largest absolute Gasteiger partial charge is 0.478 e. The lowest BCUT2D eigenvalue weighted by Gasteiger charge is -2.21. The molecule has 3 rings (SSSR count). The first-order valence-corrected chi connectivity index (χ1v) is 11.1. The molecule has 0 radical (unpaired) electrons. The number of nitrogens with zero attached hydrogens (tertiary/aromatic N) is 1. The predicted octanol–water partition coefficient (Wildman–Crippen LogP) is 3.10. The van der Waals surface area contributed by atoms with Gasteiger partial charge >= 0.3 is 0 Å². The summed E-state index contributed by atoms with van der Waals surface area (Å²) < 4.78 is 31.6. The minimum atomic E-state index is -3.47. The number of sulfonamides is 1. The van der Waals surface area contributed by atoms with E-state index in [4.69, 9.17) is 4.74 Å². The van der Waals surface area contributed by atoms with Crippen molar-refractivity contribution in [3.8, 4) is 5.75 Å². The highest BCUT2D eigenvalue weighted by Crippen LogP contribution is 2.34. The van der Waals surface area contributed by atoms with Crippen molar-refractivity contribution < 1.29 is 17.9 Å². The maximum absolute atomic E-state index is 12.9.